The van der Waals surface area contributed by atoms with Gasteiger partial charge < -0.3 is 9.30 Å². The van der Waals surface area contributed by atoms with Crippen molar-refractivity contribution in [1.29, 1.82) is 0 Å². The second-order valence-electron chi connectivity index (χ2n) is 4.69. The molecule has 0 aliphatic rings. The van der Waals surface area contributed by atoms with Crippen LogP contribution >= 0.6 is 22.9 Å². The zero-order valence-corrected chi connectivity index (χ0v) is 13.2. The molecule has 2 aromatic heterocycles. The molecule has 6 heteroatoms. The third-order valence-corrected chi connectivity index (χ3v) is 4.56. The van der Waals surface area contributed by atoms with Gasteiger partial charge in [-0.2, -0.15) is 0 Å². The molecular weight excluding hydrogens is 308 g/mol. The van der Waals surface area contributed by atoms with Crippen molar-refractivity contribution in [1.82, 2.24) is 9.55 Å². The largest absolute Gasteiger partial charge is 0.464 e. The lowest BCUT2D eigenvalue weighted by atomic mass is 10.2. The zero-order chi connectivity index (χ0) is 15.0. The SMILES string of the molecule is COC(=O)c1cn(Cc2csc3cc(Cl)ccc23)c(C)n1. The van der Waals surface area contributed by atoms with Crippen LogP contribution in [0.2, 0.25) is 5.02 Å². The lowest BCUT2D eigenvalue weighted by molar-refractivity contribution is 0.0594. The van der Waals surface area contributed by atoms with Crippen LogP contribution in [-0.4, -0.2) is 22.6 Å². The number of hydrogen-bond donors (Lipinski definition) is 0. The minimum absolute atomic E-state index is 0.331. The smallest absolute Gasteiger partial charge is 0.358 e. The van der Waals surface area contributed by atoms with Gasteiger partial charge >= 0.3 is 5.97 Å². The Kier molecular flexibility index (Phi) is 3.69. The number of aromatic nitrogens is 2. The molecule has 0 saturated carbocycles. The standard InChI is InChI=1S/C15H13ClN2O2S/c1-9-17-13(15(19)20-2)7-18(9)6-10-8-21-14-5-11(16)3-4-12(10)14/h3-5,7-8H,6H2,1-2H3. The average molecular weight is 321 g/mol. The molecule has 21 heavy (non-hydrogen) atoms. The van der Waals surface area contributed by atoms with E-state index in [0.717, 1.165) is 15.5 Å². The van der Waals surface area contributed by atoms with E-state index in [1.165, 1.54) is 18.1 Å². The van der Waals surface area contributed by atoms with Gasteiger partial charge in [0.1, 0.15) is 5.82 Å². The number of rotatable bonds is 3. The Balaban J connectivity index is 1.95. The van der Waals surface area contributed by atoms with Crippen LogP contribution in [0.4, 0.5) is 0 Å². The van der Waals surface area contributed by atoms with E-state index in [4.69, 9.17) is 16.3 Å². The highest BCUT2D eigenvalue weighted by molar-refractivity contribution is 7.17. The summed E-state index contributed by atoms with van der Waals surface area (Å²) in [5.74, 6) is 0.363. The van der Waals surface area contributed by atoms with Gasteiger partial charge in [-0.25, -0.2) is 9.78 Å². The first-order chi connectivity index (χ1) is 10.1. The van der Waals surface area contributed by atoms with Gasteiger partial charge in [0.15, 0.2) is 5.69 Å². The van der Waals surface area contributed by atoms with Gasteiger partial charge in [-0.05, 0) is 35.4 Å². The highest BCUT2D eigenvalue weighted by atomic mass is 35.5. The maximum atomic E-state index is 11.5. The van der Waals surface area contributed by atoms with Crippen molar-refractivity contribution in [3.63, 3.8) is 0 Å². The molecule has 0 spiro atoms. The minimum atomic E-state index is -0.418. The molecule has 0 unspecified atom stereocenters. The lowest BCUT2D eigenvalue weighted by Gasteiger charge is -2.03. The molecule has 0 N–H and O–H groups in total. The van der Waals surface area contributed by atoms with Crippen LogP contribution in [0.5, 0.6) is 0 Å². The number of benzene rings is 1. The van der Waals surface area contributed by atoms with E-state index in [2.05, 4.69) is 10.4 Å². The highest BCUT2D eigenvalue weighted by Crippen LogP contribution is 2.29. The predicted octanol–water partition coefficient (Wildman–Crippen LogP) is 3.89. The molecule has 0 saturated heterocycles. The first-order valence-corrected chi connectivity index (χ1v) is 7.62. The number of esters is 1. The monoisotopic (exact) mass is 320 g/mol. The number of imidazole rings is 1. The van der Waals surface area contributed by atoms with Crippen LogP contribution in [0.25, 0.3) is 10.1 Å². The summed E-state index contributed by atoms with van der Waals surface area (Å²) in [5, 5.41) is 4.03. The van der Waals surface area contributed by atoms with Crippen molar-refractivity contribution in [2.24, 2.45) is 0 Å². The summed E-state index contributed by atoms with van der Waals surface area (Å²) < 4.78 is 7.80. The molecule has 0 bridgehead atoms. The van der Waals surface area contributed by atoms with E-state index in [-0.39, 0.29) is 0 Å². The number of thiophene rings is 1. The summed E-state index contributed by atoms with van der Waals surface area (Å²) in [7, 11) is 1.35. The summed E-state index contributed by atoms with van der Waals surface area (Å²) in [5.41, 5.74) is 1.51. The normalized spacial score (nSPS) is 11.0. The summed E-state index contributed by atoms with van der Waals surface area (Å²) in [4.78, 5) is 15.7. The van der Waals surface area contributed by atoms with Gasteiger partial charge in [-0.3, -0.25) is 0 Å². The third kappa shape index (κ3) is 2.66. The average Bonchev–Trinajstić information content (AvgIpc) is 3.03. The molecule has 0 fully saturated rings. The van der Waals surface area contributed by atoms with Crippen LogP contribution in [-0.2, 0) is 11.3 Å². The van der Waals surface area contributed by atoms with Gasteiger partial charge in [0, 0.05) is 15.9 Å². The van der Waals surface area contributed by atoms with E-state index in [1.54, 1.807) is 17.5 Å². The predicted molar refractivity (Wildman–Crippen MR) is 84.2 cm³/mol. The van der Waals surface area contributed by atoms with E-state index in [9.17, 15) is 4.79 Å². The molecule has 3 aromatic rings. The first-order valence-electron chi connectivity index (χ1n) is 6.36. The number of ether oxygens (including phenoxy) is 1. The molecule has 3 rings (SSSR count). The quantitative estimate of drug-likeness (QED) is 0.688. The molecule has 0 aliphatic heterocycles. The van der Waals surface area contributed by atoms with Crippen molar-refractivity contribution in [2.75, 3.05) is 7.11 Å². The van der Waals surface area contributed by atoms with E-state index >= 15 is 0 Å². The number of halogens is 1. The van der Waals surface area contributed by atoms with Crippen LogP contribution in [0.3, 0.4) is 0 Å². The van der Waals surface area contributed by atoms with Crippen molar-refractivity contribution < 1.29 is 9.53 Å². The number of aryl methyl sites for hydroxylation is 1. The number of carbonyl (C=O) groups excluding carboxylic acids is 1. The molecule has 4 nitrogen and oxygen atoms in total. The fraction of sp³-hybridized carbons (Fsp3) is 0.200. The van der Waals surface area contributed by atoms with Gasteiger partial charge in [0.25, 0.3) is 0 Å². The second kappa shape index (κ2) is 5.50. The van der Waals surface area contributed by atoms with Crippen molar-refractivity contribution in [2.45, 2.75) is 13.5 Å². The Labute approximate surface area is 130 Å². The summed E-state index contributed by atoms with van der Waals surface area (Å²) in [6.07, 6.45) is 1.72. The third-order valence-electron chi connectivity index (χ3n) is 3.33. The van der Waals surface area contributed by atoms with Crippen molar-refractivity contribution in [3.05, 3.63) is 51.9 Å². The number of methoxy groups -OCH3 is 1. The molecule has 108 valence electrons. The number of nitrogens with zero attached hydrogens (tertiary/aromatic N) is 2. The molecule has 0 amide bonds. The highest BCUT2D eigenvalue weighted by Gasteiger charge is 2.13. The van der Waals surface area contributed by atoms with Crippen LogP contribution < -0.4 is 0 Å². The first kappa shape index (κ1) is 14.1. The molecule has 1 aromatic carbocycles. The van der Waals surface area contributed by atoms with E-state index in [1.807, 2.05) is 29.7 Å². The van der Waals surface area contributed by atoms with Crippen LogP contribution in [0.15, 0.2) is 29.8 Å². The number of hydrogen-bond acceptors (Lipinski definition) is 4. The Morgan fingerprint density at radius 1 is 1.48 bits per heavy atom. The second-order valence-corrected chi connectivity index (χ2v) is 6.04. The van der Waals surface area contributed by atoms with Crippen molar-refractivity contribution >= 4 is 39.0 Å². The lowest BCUT2D eigenvalue weighted by Crippen LogP contribution is -2.01. The molecule has 0 radical (unpaired) electrons. The van der Waals surface area contributed by atoms with E-state index in [0.29, 0.717) is 12.2 Å². The number of fused-ring (bicyclic) bond motifs is 1. The summed E-state index contributed by atoms with van der Waals surface area (Å²) >= 11 is 7.67. The Hall–Kier alpha value is -1.85. The van der Waals surface area contributed by atoms with Crippen LogP contribution in [0.1, 0.15) is 21.9 Å². The zero-order valence-electron chi connectivity index (χ0n) is 11.6. The Morgan fingerprint density at radius 3 is 3.05 bits per heavy atom. The fourth-order valence-corrected chi connectivity index (χ4v) is 3.46. The number of carbonyl (C=O) groups is 1. The van der Waals surface area contributed by atoms with E-state index < -0.39 is 5.97 Å². The summed E-state index contributed by atoms with van der Waals surface area (Å²) in [6, 6.07) is 5.88. The topological polar surface area (TPSA) is 44.1 Å². The van der Waals surface area contributed by atoms with Gasteiger partial charge in [0.2, 0.25) is 0 Å². The maximum absolute atomic E-state index is 11.5. The molecule has 0 atom stereocenters. The van der Waals surface area contributed by atoms with Crippen molar-refractivity contribution in [3.8, 4) is 0 Å². The minimum Gasteiger partial charge on any atom is -0.464 e. The molecular formula is C15H13ClN2O2S. The van der Waals surface area contributed by atoms with Gasteiger partial charge in [0.05, 0.1) is 13.7 Å². The van der Waals surface area contributed by atoms with Crippen LogP contribution in [0, 0.1) is 6.92 Å². The van der Waals surface area contributed by atoms with Gasteiger partial charge in [-0.1, -0.05) is 17.7 Å². The summed E-state index contributed by atoms with van der Waals surface area (Å²) in [6.45, 7) is 2.54. The Bertz CT molecular complexity index is 822. The maximum Gasteiger partial charge on any atom is 0.358 e. The van der Waals surface area contributed by atoms with Gasteiger partial charge in [-0.15, -0.1) is 11.3 Å². The molecule has 0 aliphatic carbocycles. The fourth-order valence-electron chi connectivity index (χ4n) is 2.23. The molecule has 2 heterocycles. The Morgan fingerprint density at radius 2 is 2.29 bits per heavy atom.